The smallest absolute Gasteiger partial charge is 0.243 e. The maximum atomic E-state index is 12.5. The van der Waals surface area contributed by atoms with Gasteiger partial charge in [0.05, 0.1) is 11.4 Å². The summed E-state index contributed by atoms with van der Waals surface area (Å²) in [6.07, 6.45) is 0.788. The summed E-state index contributed by atoms with van der Waals surface area (Å²) in [7, 11) is -3.46. The van der Waals surface area contributed by atoms with Crippen LogP contribution in [0.15, 0.2) is 53.4 Å². The van der Waals surface area contributed by atoms with Crippen LogP contribution >= 0.6 is 0 Å². The third-order valence-corrected chi connectivity index (χ3v) is 6.69. The molecule has 28 heavy (non-hydrogen) atoms. The molecule has 0 aliphatic heterocycles. The van der Waals surface area contributed by atoms with Crippen molar-refractivity contribution in [2.75, 3.05) is 31.5 Å². The lowest BCUT2D eigenvalue weighted by Crippen LogP contribution is -2.31. The first-order valence-corrected chi connectivity index (χ1v) is 11.0. The largest absolute Gasteiger partial charge is 0.376 e. The van der Waals surface area contributed by atoms with E-state index in [1.54, 1.807) is 24.3 Å². The number of amides is 1. The highest BCUT2D eigenvalue weighted by molar-refractivity contribution is 7.89. The topological polar surface area (TPSA) is 78.5 Å². The summed E-state index contributed by atoms with van der Waals surface area (Å²) in [4.78, 5) is 12.3. The Morgan fingerprint density at radius 2 is 1.64 bits per heavy atom. The van der Waals surface area contributed by atoms with E-state index in [-0.39, 0.29) is 17.3 Å². The SMILES string of the molecule is CCN(CC)S(=O)(=O)c1ccc(NCC(=O)NCCc2ccccc2C)cc1. The summed E-state index contributed by atoms with van der Waals surface area (Å²) in [5.74, 6) is -0.103. The van der Waals surface area contributed by atoms with E-state index >= 15 is 0 Å². The first-order valence-electron chi connectivity index (χ1n) is 9.53. The number of carbonyl (C=O) groups is 1. The van der Waals surface area contributed by atoms with Crippen LogP contribution in [0.5, 0.6) is 0 Å². The summed E-state index contributed by atoms with van der Waals surface area (Å²) in [5.41, 5.74) is 3.14. The van der Waals surface area contributed by atoms with E-state index < -0.39 is 10.0 Å². The van der Waals surface area contributed by atoms with Crippen LogP contribution in [-0.2, 0) is 21.2 Å². The zero-order chi connectivity index (χ0) is 20.6. The van der Waals surface area contributed by atoms with Crippen molar-refractivity contribution in [2.24, 2.45) is 0 Å². The Morgan fingerprint density at radius 3 is 2.25 bits per heavy atom. The molecule has 2 aromatic carbocycles. The van der Waals surface area contributed by atoms with Gasteiger partial charge in [-0.2, -0.15) is 4.31 Å². The molecular weight excluding hydrogens is 374 g/mol. The van der Waals surface area contributed by atoms with Crippen LogP contribution in [-0.4, -0.2) is 44.8 Å². The second-order valence-electron chi connectivity index (χ2n) is 6.49. The van der Waals surface area contributed by atoms with E-state index in [2.05, 4.69) is 29.7 Å². The Bertz CT molecular complexity index is 876. The molecule has 0 aliphatic carbocycles. The second kappa shape index (κ2) is 10.2. The number of sulfonamides is 1. The number of nitrogens with one attached hydrogen (secondary N) is 2. The monoisotopic (exact) mass is 403 g/mol. The minimum absolute atomic E-state index is 0.103. The van der Waals surface area contributed by atoms with Gasteiger partial charge in [-0.3, -0.25) is 4.79 Å². The highest BCUT2D eigenvalue weighted by atomic mass is 32.2. The lowest BCUT2D eigenvalue weighted by Gasteiger charge is -2.18. The third kappa shape index (κ3) is 5.81. The number of benzene rings is 2. The van der Waals surface area contributed by atoms with Gasteiger partial charge in [-0.15, -0.1) is 0 Å². The van der Waals surface area contributed by atoms with Crippen molar-refractivity contribution in [3.63, 3.8) is 0 Å². The van der Waals surface area contributed by atoms with E-state index in [9.17, 15) is 13.2 Å². The highest BCUT2D eigenvalue weighted by Crippen LogP contribution is 2.18. The molecule has 0 saturated heterocycles. The van der Waals surface area contributed by atoms with Crippen LogP contribution in [0.1, 0.15) is 25.0 Å². The molecular formula is C21H29N3O3S. The van der Waals surface area contributed by atoms with E-state index in [0.717, 1.165) is 6.42 Å². The van der Waals surface area contributed by atoms with Gasteiger partial charge in [-0.25, -0.2) is 8.42 Å². The van der Waals surface area contributed by atoms with E-state index in [1.165, 1.54) is 15.4 Å². The quantitative estimate of drug-likeness (QED) is 0.639. The summed E-state index contributed by atoms with van der Waals surface area (Å²) in [6.45, 7) is 7.26. The Labute approximate surface area is 168 Å². The van der Waals surface area contributed by atoms with Crippen molar-refractivity contribution in [3.8, 4) is 0 Å². The van der Waals surface area contributed by atoms with Crippen molar-refractivity contribution in [1.29, 1.82) is 0 Å². The summed E-state index contributed by atoms with van der Waals surface area (Å²) in [5, 5.41) is 5.91. The molecule has 0 aliphatic rings. The predicted octanol–water partition coefficient (Wildman–Crippen LogP) is 2.80. The number of hydrogen-bond donors (Lipinski definition) is 2. The third-order valence-electron chi connectivity index (χ3n) is 4.63. The minimum atomic E-state index is -3.46. The lowest BCUT2D eigenvalue weighted by molar-refractivity contribution is -0.119. The number of anilines is 1. The van der Waals surface area contributed by atoms with Gasteiger partial charge < -0.3 is 10.6 Å². The van der Waals surface area contributed by atoms with Gasteiger partial charge in [0.1, 0.15) is 0 Å². The van der Waals surface area contributed by atoms with Gasteiger partial charge in [-0.1, -0.05) is 38.1 Å². The predicted molar refractivity (Wildman–Crippen MR) is 113 cm³/mol. The van der Waals surface area contributed by atoms with Crippen molar-refractivity contribution in [2.45, 2.75) is 32.1 Å². The fourth-order valence-corrected chi connectivity index (χ4v) is 4.39. The Kier molecular flexibility index (Phi) is 8.02. The average molecular weight is 404 g/mol. The Hall–Kier alpha value is -2.38. The van der Waals surface area contributed by atoms with Crippen LogP contribution < -0.4 is 10.6 Å². The molecule has 0 heterocycles. The number of nitrogens with zero attached hydrogens (tertiary/aromatic N) is 1. The van der Waals surface area contributed by atoms with E-state index in [4.69, 9.17) is 0 Å². The van der Waals surface area contributed by atoms with Crippen LogP contribution in [0.4, 0.5) is 5.69 Å². The van der Waals surface area contributed by atoms with Crippen molar-refractivity contribution in [1.82, 2.24) is 9.62 Å². The molecule has 2 rings (SSSR count). The maximum Gasteiger partial charge on any atom is 0.243 e. The van der Waals surface area contributed by atoms with Gasteiger partial charge in [0.15, 0.2) is 0 Å². The zero-order valence-corrected chi connectivity index (χ0v) is 17.6. The van der Waals surface area contributed by atoms with Crippen LogP contribution in [0.3, 0.4) is 0 Å². The van der Waals surface area contributed by atoms with Crippen LogP contribution in [0, 0.1) is 6.92 Å². The highest BCUT2D eigenvalue weighted by Gasteiger charge is 2.21. The number of rotatable bonds is 10. The molecule has 0 bridgehead atoms. The standard InChI is InChI=1S/C21H29N3O3S/c1-4-24(5-2)28(26,27)20-12-10-19(11-13-20)23-16-21(25)22-15-14-18-9-7-6-8-17(18)3/h6-13,23H,4-5,14-16H2,1-3H3,(H,22,25). The Balaban J connectivity index is 1.82. The molecule has 152 valence electrons. The van der Waals surface area contributed by atoms with Gasteiger partial charge in [0, 0.05) is 25.3 Å². The van der Waals surface area contributed by atoms with Crippen molar-refractivity contribution >= 4 is 21.6 Å². The normalized spacial score (nSPS) is 11.4. The first kappa shape index (κ1) is 21.9. The fourth-order valence-electron chi connectivity index (χ4n) is 2.93. The molecule has 0 radical (unpaired) electrons. The number of carbonyl (C=O) groups excluding carboxylic acids is 1. The van der Waals surface area contributed by atoms with Crippen LogP contribution in [0.2, 0.25) is 0 Å². The van der Waals surface area contributed by atoms with E-state index in [0.29, 0.717) is 25.3 Å². The molecule has 0 aromatic heterocycles. The fraction of sp³-hybridized carbons (Fsp3) is 0.381. The Morgan fingerprint density at radius 1 is 1.00 bits per heavy atom. The van der Waals surface area contributed by atoms with Crippen molar-refractivity contribution in [3.05, 3.63) is 59.7 Å². The number of hydrogen-bond acceptors (Lipinski definition) is 4. The first-order chi connectivity index (χ1) is 13.4. The van der Waals surface area contributed by atoms with Gasteiger partial charge in [0.2, 0.25) is 15.9 Å². The van der Waals surface area contributed by atoms with Crippen LogP contribution in [0.25, 0.3) is 0 Å². The molecule has 2 N–H and O–H groups in total. The summed E-state index contributed by atoms with van der Waals surface area (Å²) < 4.78 is 26.4. The molecule has 6 nitrogen and oxygen atoms in total. The molecule has 2 aromatic rings. The van der Waals surface area contributed by atoms with Gasteiger partial charge in [0.25, 0.3) is 0 Å². The van der Waals surface area contributed by atoms with Gasteiger partial charge >= 0.3 is 0 Å². The number of aryl methyl sites for hydroxylation is 1. The lowest BCUT2D eigenvalue weighted by atomic mass is 10.1. The second-order valence-corrected chi connectivity index (χ2v) is 8.43. The maximum absolute atomic E-state index is 12.5. The van der Waals surface area contributed by atoms with Crippen molar-refractivity contribution < 1.29 is 13.2 Å². The summed E-state index contributed by atoms with van der Waals surface area (Å²) in [6, 6.07) is 14.6. The van der Waals surface area contributed by atoms with E-state index in [1.807, 2.05) is 26.0 Å². The van der Waals surface area contributed by atoms with Gasteiger partial charge in [-0.05, 0) is 48.7 Å². The molecule has 7 heteroatoms. The molecule has 0 atom stereocenters. The zero-order valence-electron chi connectivity index (χ0n) is 16.7. The minimum Gasteiger partial charge on any atom is -0.376 e. The molecule has 0 fully saturated rings. The summed E-state index contributed by atoms with van der Waals surface area (Å²) >= 11 is 0. The average Bonchev–Trinajstić information content (AvgIpc) is 2.69. The molecule has 0 saturated carbocycles. The molecule has 1 amide bonds. The molecule has 0 unspecified atom stereocenters. The molecule has 0 spiro atoms.